The summed E-state index contributed by atoms with van der Waals surface area (Å²) in [6.07, 6.45) is -0.902. The first kappa shape index (κ1) is 20.4. The number of aryl methyl sites for hydroxylation is 1. The smallest absolute Gasteiger partial charge is 0.408 e. The molecule has 0 saturated carbocycles. The van der Waals surface area contributed by atoms with E-state index in [2.05, 4.69) is 10.3 Å². The highest BCUT2D eigenvalue weighted by atomic mass is 19.1. The van der Waals surface area contributed by atoms with Crippen LogP contribution in [0, 0.1) is 12.7 Å². The standard InChI is InChI=1S/C19H23FN2O5/c1-10-6-11-7-12(16(23)21-14(11)9-13(10)20)8-15(17(24)26-5)22-18(25)27-19(2,3)4/h6-7,9,15H,8H2,1-5H3,(H,21,23)(H,22,25)/t15-/m0/s1. The maximum absolute atomic E-state index is 13.7. The summed E-state index contributed by atoms with van der Waals surface area (Å²) in [5.74, 6) is -1.14. The van der Waals surface area contributed by atoms with E-state index in [0.29, 0.717) is 16.5 Å². The van der Waals surface area contributed by atoms with Crippen LogP contribution in [0.5, 0.6) is 0 Å². The lowest BCUT2D eigenvalue weighted by Crippen LogP contribution is -2.45. The average molecular weight is 378 g/mol. The Hall–Kier alpha value is -2.90. The van der Waals surface area contributed by atoms with Crippen LogP contribution in [0.2, 0.25) is 0 Å². The van der Waals surface area contributed by atoms with Crippen molar-refractivity contribution in [2.45, 2.75) is 45.8 Å². The Balaban J connectivity index is 2.32. The molecule has 27 heavy (non-hydrogen) atoms. The van der Waals surface area contributed by atoms with E-state index >= 15 is 0 Å². The Labute approximate surface area is 155 Å². The Morgan fingerprint density at radius 1 is 1.26 bits per heavy atom. The minimum atomic E-state index is -1.11. The van der Waals surface area contributed by atoms with E-state index in [1.807, 2.05) is 0 Å². The van der Waals surface area contributed by atoms with Crippen molar-refractivity contribution in [3.05, 3.63) is 45.5 Å². The molecule has 0 spiro atoms. The molecule has 2 rings (SSSR count). The van der Waals surface area contributed by atoms with Crippen molar-refractivity contribution in [3.8, 4) is 0 Å². The molecule has 146 valence electrons. The number of aromatic nitrogens is 1. The fourth-order valence-electron chi connectivity index (χ4n) is 2.54. The molecule has 0 fully saturated rings. The monoisotopic (exact) mass is 378 g/mol. The second-order valence-corrected chi connectivity index (χ2v) is 7.24. The van der Waals surface area contributed by atoms with Crippen LogP contribution in [-0.4, -0.2) is 35.8 Å². The molecule has 0 radical (unpaired) electrons. The van der Waals surface area contributed by atoms with Gasteiger partial charge in [-0.1, -0.05) is 0 Å². The molecule has 0 aliphatic rings. The van der Waals surface area contributed by atoms with Crippen molar-refractivity contribution in [3.63, 3.8) is 0 Å². The van der Waals surface area contributed by atoms with Crippen molar-refractivity contribution in [1.29, 1.82) is 0 Å². The fourth-order valence-corrected chi connectivity index (χ4v) is 2.54. The molecule has 1 atom stereocenters. The number of carbonyl (C=O) groups excluding carboxylic acids is 2. The van der Waals surface area contributed by atoms with Gasteiger partial charge in [0.05, 0.1) is 12.6 Å². The van der Waals surface area contributed by atoms with Gasteiger partial charge < -0.3 is 19.8 Å². The second kappa shape index (κ2) is 7.77. The SMILES string of the molecule is COC(=O)[C@H](Cc1cc2cc(C)c(F)cc2[nH]c1=O)NC(=O)OC(C)(C)C. The van der Waals surface area contributed by atoms with Gasteiger partial charge in [-0.25, -0.2) is 14.0 Å². The van der Waals surface area contributed by atoms with Crippen molar-refractivity contribution < 1.29 is 23.5 Å². The number of ether oxygens (including phenoxy) is 2. The molecule has 2 aromatic rings. The number of hydrogen-bond donors (Lipinski definition) is 2. The molecule has 0 bridgehead atoms. The fraction of sp³-hybridized carbons (Fsp3) is 0.421. The Morgan fingerprint density at radius 3 is 2.52 bits per heavy atom. The number of alkyl carbamates (subject to hydrolysis) is 1. The second-order valence-electron chi connectivity index (χ2n) is 7.24. The van der Waals surface area contributed by atoms with Crippen molar-refractivity contribution in [1.82, 2.24) is 10.3 Å². The molecule has 1 amide bonds. The van der Waals surface area contributed by atoms with E-state index < -0.39 is 35.1 Å². The number of hydrogen-bond acceptors (Lipinski definition) is 5. The van der Waals surface area contributed by atoms with Crippen LogP contribution in [0.15, 0.2) is 23.0 Å². The molecule has 1 aromatic heterocycles. The number of aromatic amines is 1. The van der Waals surface area contributed by atoms with E-state index in [4.69, 9.17) is 9.47 Å². The predicted molar refractivity (Wildman–Crippen MR) is 98.1 cm³/mol. The number of benzene rings is 1. The highest BCUT2D eigenvalue weighted by Gasteiger charge is 2.26. The molecule has 2 N–H and O–H groups in total. The summed E-state index contributed by atoms with van der Waals surface area (Å²) in [5.41, 5.74) is -0.198. The minimum absolute atomic E-state index is 0.104. The highest BCUT2D eigenvalue weighted by molar-refractivity contribution is 5.83. The van der Waals surface area contributed by atoms with Crippen LogP contribution >= 0.6 is 0 Å². The normalized spacial score (nSPS) is 12.5. The predicted octanol–water partition coefficient (Wildman–Crippen LogP) is 2.58. The van der Waals surface area contributed by atoms with Crippen molar-refractivity contribution in [2.24, 2.45) is 0 Å². The molecule has 1 aromatic carbocycles. The lowest BCUT2D eigenvalue weighted by Gasteiger charge is -2.22. The average Bonchev–Trinajstić information content (AvgIpc) is 2.54. The van der Waals surface area contributed by atoms with E-state index in [0.717, 1.165) is 0 Å². The zero-order valence-corrected chi connectivity index (χ0v) is 15.9. The van der Waals surface area contributed by atoms with Gasteiger partial charge >= 0.3 is 12.1 Å². The summed E-state index contributed by atoms with van der Waals surface area (Å²) in [6.45, 7) is 6.68. The Kier molecular flexibility index (Phi) is 5.88. The number of pyridine rings is 1. The zero-order chi connectivity index (χ0) is 20.4. The Morgan fingerprint density at radius 2 is 1.93 bits per heavy atom. The molecular weight excluding hydrogens is 355 g/mol. The summed E-state index contributed by atoms with van der Waals surface area (Å²) >= 11 is 0. The van der Waals surface area contributed by atoms with E-state index in [1.165, 1.54) is 13.2 Å². The van der Waals surface area contributed by atoms with Gasteiger partial charge in [0, 0.05) is 12.0 Å². The maximum Gasteiger partial charge on any atom is 0.408 e. The lowest BCUT2D eigenvalue weighted by molar-refractivity contribution is -0.143. The number of methoxy groups -OCH3 is 1. The molecule has 0 saturated heterocycles. The van der Waals surface area contributed by atoms with Gasteiger partial charge in [-0.2, -0.15) is 0 Å². The third-order valence-electron chi connectivity index (χ3n) is 3.80. The minimum Gasteiger partial charge on any atom is -0.467 e. The van der Waals surface area contributed by atoms with Gasteiger partial charge in [0.1, 0.15) is 17.5 Å². The maximum atomic E-state index is 13.7. The molecule has 8 heteroatoms. The number of nitrogens with one attached hydrogen (secondary N) is 2. The number of rotatable bonds is 4. The van der Waals surface area contributed by atoms with Crippen LogP contribution in [0.4, 0.5) is 9.18 Å². The third kappa shape index (κ3) is 5.29. The van der Waals surface area contributed by atoms with Crippen molar-refractivity contribution in [2.75, 3.05) is 7.11 Å². The molecule has 0 aliphatic carbocycles. The van der Waals surface area contributed by atoms with Gasteiger partial charge in [-0.3, -0.25) is 4.79 Å². The van der Waals surface area contributed by atoms with E-state index in [1.54, 1.807) is 39.8 Å². The lowest BCUT2D eigenvalue weighted by atomic mass is 10.0. The molecule has 7 nitrogen and oxygen atoms in total. The highest BCUT2D eigenvalue weighted by Crippen LogP contribution is 2.17. The summed E-state index contributed by atoms with van der Waals surface area (Å²) in [6, 6.07) is 3.29. The number of carbonyl (C=O) groups is 2. The number of esters is 1. The van der Waals surface area contributed by atoms with Gasteiger partial charge in [0.25, 0.3) is 5.56 Å². The van der Waals surface area contributed by atoms with Crippen LogP contribution in [0.25, 0.3) is 10.9 Å². The third-order valence-corrected chi connectivity index (χ3v) is 3.80. The van der Waals surface area contributed by atoms with Gasteiger partial charge in [0.15, 0.2) is 0 Å². The quantitative estimate of drug-likeness (QED) is 0.797. The summed E-state index contributed by atoms with van der Waals surface area (Å²) in [7, 11) is 1.18. The topological polar surface area (TPSA) is 97.5 Å². The zero-order valence-electron chi connectivity index (χ0n) is 15.9. The van der Waals surface area contributed by atoms with Crippen LogP contribution in [0.1, 0.15) is 31.9 Å². The van der Waals surface area contributed by atoms with Gasteiger partial charge in [-0.15, -0.1) is 0 Å². The largest absolute Gasteiger partial charge is 0.467 e. The summed E-state index contributed by atoms with van der Waals surface area (Å²) < 4.78 is 23.5. The Bertz CT molecular complexity index is 930. The van der Waals surface area contributed by atoms with Crippen LogP contribution in [-0.2, 0) is 20.7 Å². The molecule has 0 aliphatic heterocycles. The number of H-pyrrole nitrogens is 1. The number of fused-ring (bicyclic) bond motifs is 1. The molecular formula is C19H23FN2O5. The molecule has 1 heterocycles. The van der Waals surface area contributed by atoms with Crippen LogP contribution < -0.4 is 10.9 Å². The van der Waals surface area contributed by atoms with Crippen LogP contribution in [0.3, 0.4) is 0 Å². The van der Waals surface area contributed by atoms with E-state index in [-0.39, 0.29) is 12.0 Å². The van der Waals surface area contributed by atoms with Crippen molar-refractivity contribution >= 4 is 23.0 Å². The number of amides is 1. The van der Waals surface area contributed by atoms with E-state index in [9.17, 15) is 18.8 Å². The summed E-state index contributed by atoms with van der Waals surface area (Å²) in [5, 5.41) is 3.04. The van der Waals surface area contributed by atoms with Gasteiger partial charge in [-0.05, 0) is 56.8 Å². The first-order chi connectivity index (χ1) is 12.5. The molecule has 0 unspecified atom stereocenters. The first-order valence-corrected chi connectivity index (χ1v) is 8.39. The summed E-state index contributed by atoms with van der Waals surface area (Å²) in [4.78, 5) is 38.9. The number of halogens is 1. The van der Waals surface area contributed by atoms with Gasteiger partial charge in [0.2, 0.25) is 0 Å². The first-order valence-electron chi connectivity index (χ1n) is 8.39.